The first-order valence-electron chi connectivity index (χ1n) is 7.73. The van der Waals surface area contributed by atoms with Crippen LogP contribution in [0.1, 0.15) is 22.3 Å². The molecule has 110 valence electrons. The third-order valence-corrected chi connectivity index (χ3v) is 4.30. The number of hydrogen-bond donors (Lipinski definition) is 0. The van der Waals surface area contributed by atoms with Crippen LogP contribution in [0.25, 0.3) is 22.3 Å². The Kier molecular flexibility index (Phi) is 3.85. The van der Waals surface area contributed by atoms with Crippen molar-refractivity contribution in [1.29, 1.82) is 0 Å². The second kappa shape index (κ2) is 5.81. The fourth-order valence-corrected chi connectivity index (χ4v) is 3.24. The summed E-state index contributed by atoms with van der Waals surface area (Å²) in [5.41, 5.74) is 10.2. The predicted octanol–water partition coefficient (Wildman–Crippen LogP) is 6.05. The van der Waals surface area contributed by atoms with Gasteiger partial charge in [-0.25, -0.2) is 0 Å². The van der Waals surface area contributed by atoms with Crippen molar-refractivity contribution in [2.75, 3.05) is 0 Å². The zero-order chi connectivity index (χ0) is 15.7. The molecule has 3 aromatic carbocycles. The van der Waals surface area contributed by atoms with Gasteiger partial charge in [0, 0.05) is 0 Å². The maximum absolute atomic E-state index is 3.64. The summed E-state index contributed by atoms with van der Waals surface area (Å²) in [6.07, 6.45) is 0. The summed E-state index contributed by atoms with van der Waals surface area (Å²) >= 11 is 0. The van der Waals surface area contributed by atoms with Crippen LogP contribution < -0.4 is 0 Å². The van der Waals surface area contributed by atoms with Crippen molar-refractivity contribution in [3.05, 3.63) is 82.9 Å². The first-order chi connectivity index (χ1) is 10.6. The number of aryl methyl sites for hydroxylation is 4. The van der Waals surface area contributed by atoms with Crippen molar-refractivity contribution in [3.8, 4) is 22.3 Å². The van der Waals surface area contributed by atoms with Crippen LogP contribution >= 0.6 is 0 Å². The van der Waals surface area contributed by atoms with Gasteiger partial charge in [-0.05, 0) is 27.7 Å². The Morgan fingerprint density at radius 3 is 1.18 bits per heavy atom. The van der Waals surface area contributed by atoms with E-state index >= 15 is 0 Å². The highest BCUT2D eigenvalue weighted by atomic mass is 14.1. The van der Waals surface area contributed by atoms with Gasteiger partial charge in [-0.15, -0.1) is 35.4 Å². The fourth-order valence-electron chi connectivity index (χ4n) is 3.24. The topological polar surface area (TPSA) is 0 Å². The van der Waals surface area contributed by atoms with Crippen molar-refractivity contribution in [2.24, 2.45) is 0 Å². The fraction of sp³-hybridized carbons (Fsp3) is 0.182. The van der Waals surface area contributed by atoms with Crippen LogP contribution in [0.4, 0.5) is 0 Å². The molecule has 0 saturated heterocycles. The summed E-state index contributed by atoms with van der Waals surface area (Å²) in [5, 5.41) is 0. The van der Waals surface area contributed by atoms with Gasteiger partial charge < -0.3 is 0 Å². The SMILES string of the molecule is Cc1cccc(C)c1-c1[c-]c(-c2c(C)cccc2C)ccc1. The lowest BCUT2D eigenvalue weighted by Gasteiger charge is -2.20. The minimum Gasteiger partial charge on any atom is -0.129 e. The van der Waals surface area contributed by atoms with Gasteiger partial charge in [-0.2, -0.15) is 0 Å². The van der Waals surface area contributed by atoms with E-state index < -0.39 is 0 Å². The highest BCUT2D eigenvalue weighted by Gasteiger charge is 2.03. The molecule has 0 radical (unpaired) electrons. The predicted molar refractivity (Wildman–Crippen MR) is 95.1 cm³/mol. The zero-order valence-electron chi connectivity index (χ0n) is 13.7. The van der Waals surface area contributed by atoms with Crippen molar-refractivity contribution in [1.82, 2.24) is 0 Å². The van der Waals surface area contributed by atoms with Gasteiger partial charge in [0.05, 0.1) is 0 Å². The van der Waals surface area contributed by atoms with Gasteiger partial charge in [0.15, 0.2) is 0 Å². The zero-order valence-corrected chi connectivity index (χ0v) is 13.7. The molecular formula is C22H21-. The highest BCUT2D eigenvalue weighted by molar-refractivity contribution is 5.78. The molecule has 0 N–H and O–H groups in total. The van der Waals surface area contributed by atoms with Gasteiger partial charge in [0.1, 0.15) is 0 Å². The van der Waals surface area contributed by atoms with Gasteiger partial charge in [0.2, 0.25) is 0 Å². The Bertz CT molecular complexity index is 718. The second-order valence-electron chi connectivity index (χ2n) is 6.01. The van der Waals surface area contributed by atoms with Crippen LogP contribution in [-0.2, 0) is 0 Å². The molecule has 0 amide bonds. The van der Waals surface area contributed by atoms with E-state index in [0.29, 0.717) is 0 Å². The lowest BCUT2D eigenvalue weighted by Crippen LogP contribution is -1.91. The molecule has 0 saturated carbocycles. The van der Waals surface area contributed by atoms with E-state index in [9.17, 15) is 0 Å². The normalized spacial score (nSPS) is 10.7. The van der Waals surface area contributed by atoms with Crippen LogP contribution in [0, 0.1) is 33.8 Å². The average Bonchev–Trinajstić information content (AvgIpc) is 2.47. The maximum atomic E-state index is 3.64. The quantitative estimate of drug-likeness (QED) is 0.502. The molecule has 0 bridgehead atoms. The summed E-state index contributed by atoms with van der Waals surface area (Å²) < 4.78 is 0. The Morgan fingerprint density at radius 2 is 0.818 bits per heavy atom. The van der Waals surface area contributed by atoms with E-state index in [1.54, 1.807) is 0 Å². The Hall–Kier alpha value is -2.34. The number of rotatable bonds is 2. The largest absolute Gasteiger partial charge is 0.129 e. The molecule has 0 aliphatic carbocycles. The van der Waals surface area contributed by atoms with Gasteiger partial charge in [0.25, 0.3) is 0 Å². The molecule has 0 aliphatic rings. The first kappa shape index (κ1) is 14.6. The highest BCUT2D eigenvalue weighted by Crippen LogP contribution is 2.32. The summed E-state index contributed by atoms with van der Waals surface area (Å²) in [6.45, 7) is 8.67. The summed E-state index contributed by atoms with van der Waals surface area (Å²) in [4.78, 5) is 0. The first-order valence-corrected chi connectivity index (χ1v) is 7.73. The van der Waals surface area contributed by atoms with Crippen LogP contribution in [0.3, 0.4) is 0 Å². The molecule has 22 heavy (non-hydrogen) atoms. The molecule has 3 aromatic rings. The summed E-state index contributed by atoms with van der Waals surface area (Å²) in [7, 11) is 0. The van der Waals surface area contributed by atoms with E-state index in [1.807, 2.05) is 0 Å². The average molecular weight is 285 g/mol. The second-order valence-corrected chi connectivity index (χ2v) is 6.01. The Labute approximate surface area is 133 Å². The van der Waals surface area contributed by atoms with Crippen LogP contribution in [0.15, 0.2) is 54.6 Å². The number of hydrogen-bond acceptors (Lipinski definition) is 0. The molecule has 0 fully saturated rings. The number of benzene rings is 3. The van der Waals surface area contributed by atoms with Crippen molar-refractivity contribution in [3.63, 3.8) is 0 Å². The summed E-state index contributed by atoms with van der Waals surface area (Å²) in [5.74, 6) is 0. The van der Waals surface area contributed by atoms with Gasteiger partial charge >= 0.3 is 0 Å². The summed E-state index contributed by atoms with van der Waals surface area (Å²) in [6, 6.07) is 23.0. The standard InChI is InChI=1S/C22H21/c1-15-8-5-9-16(2)21(15)19-12-7-13-20(14-19)22-17(3)10-6-11-18(22)4/h5-13H,1-4H3/q-1. The molecule has 0 unspecified atom stereocenters. The lowest BCUT2D eigenvalue weighted by molar-refractivity contribution is 1.36. The van der Waals surface area contributed by atoms with Crippen LogP contribution in [0.5, 0.6) is 0 Å². The molecule has 0 aliphatic heterocycles. The Morgan fingerprint density at radius 1 is 0.500 bits per heavy atom. The molecule has 3 rings (SSSR count). The minimum atomic E-state index is 1.18. The molecule has 0 spiro atoms. The van der Waals surface area contributed by atoms with Crippen molar-refractivity contribution < 1.29 is 0 Å². The van der Waals surface area contributed by atoms with E-state index in [0.717, 1.165) is 0 Å². The van der Waals surface area contributed by atoms with E-state index in [4.69, 9.17) is 0 Å². The van der Waals surface area contributed by atoms with E-state index in [2.05, 4.69) is 88.4 Å². The lowest BCUT2D eigenvalue weighted by atomic mass is 9.91. The monoisotopic (exact) mass is 285 g/mol. The van der Waals surface area contributed by atoms with Gasteiger partial charge in [-0.1, -0.05) is 69.8 Å². The smallest absolute Gasteiger partial charge is 0.0462 e. The third-order valence-electron chi connectivity index (χ3n) is 4.30. The molecule has 0 nitrogen and oxygen atoms in total. The van der Waals surface area contributed by atoms with E-state index in [-0.39, 0.29) is 0 Å². The molecule has 0 heteroatoms. The van der Waals surface area contributed by atoms with Crippen molar-refractivity contribution in [2.45, 2.75) is 27.7 Å². The van der Waals surface area contributed by atoms with Crippen LogP contribution in [0.2, 0.25) is 0 Å². The minimum absolute atomic E-state index is 1.18. The maximum Gasteiger partial charge on any atom is -0.0462 e. The van der Waals surface area contributed by atoms with Crippen molar-refractivity contribution >= 4 is 0 Å². The third kappa shape index (κ3) is 2.57. The molecular weight excluding hydrogens is 264 g/mol. The molecule has 0 heterocycles. The van der Waals surface area contributed by atoms with Crippen LogP contribution in [-0.4, -0.2) is 0 Å². The molecule has 0 atom stereocenters. The molecule has 0 aromatic heterocycles. The Balaban J connectivity index is 2.19. The van der Waals surface area contributed by atoms with E-state index in [1.165, 1.54) is 44.5 Å². The van der Waals surface area contributed by atoms with Gasteiger partial charge in [-0.3, -0.25) is 0 Å².